The van der Waals surface area contributed by atoms with E-state index in [1.54, 1.807) is 11.0 Å². The lowest BCUT2D eigenvalue weighted by atomic mass is 10.0. The number of benzene rings is 3. The molecule has 2 fully saturated rings. The Labute approximate surface area is 186 Å². The van der Waals surface area contributed by atoms with E-state index in [1.807, 2.05) is 71.6 Å². The Kier molecular flexibility index (Phi) is 5.35. The largest absolute Gasteiger partial charge is 0.342 e. The number of amides is 3. The van der Waals surface area contributed by atoms with Gasteiger partial charge in [0.25, 0.3) is 5.91 Å². The first-order chi connectivity index (χ1) is 15.6. The highest BCUT2D eigenvalue weighted by molar-refractivity contribution is 6.08. The van der Waals surface area contributed by atoms with Crippen molar-refractivity contribution in [3.8, 4) is 0 Å². The summed E-state index contributed by atoms with van der Waals surface area (Å²) in [5.41, 5.74) is 1.21. The number of hydrogen-bond acceptors (Lipinski definition) is 3. The molecule has 0 spiro atoms. The van der Waals surface area contributed by atoms with Crippen LogP contribution in [0.2, 0.25) is 0 Å². The average molecular weight is 428 g/mol. The summed E-state index contributed by atoms with van der Waals surface area (Å²) in [5, 5.41) is 4.88. The van der Waals surface area contributed by atoms with E-state index in [0.717, 1.165) is 29.3 Å². The van der Waals surface area contributed by atoms with E-state index in [2.05, 4.69) is 5.32 Å². The van der Waals surface area contributed by atoms with Crippen molar-refractivity contribution >= 4 is 34.2 Å². The lowest BCUT2D eigenvalue weighted by molar-refractivity contribution is -0.135. The van der Waals surface area contributed by atoms with Gasteiger partial charge in [-0.1, -0.05) is 48.5 Å². The second-order valence-corrected chi connectivity index (χ2v) is 8.44. The molecule has 0 aliphatic carbocycles. The van der Waals surface area contributed by atoms with Crippen LogP contribution in [0.15, 0.2) is 72.8 Å². The molecule has 162 valence electrons. The third-order valence-electron chi connectivity index (χ3n) is 6.41. The van der Waals surface area contributed by atoms with Gasteiger partial charge in [-0.05, 0) is 47.9 Å². The van der Waals surface area contributed by atoms with Crippen molar-refractivity contribution in [1.82, 2.24) is 10.2 Å². The van der Waals surface area contributed by atoms with Crippen LogP contribution in [0.25, 0.3) is 10.8 Å². The minimum Gasteiger partial charge on any atom is -0.342 e. The molecule has 3 amide bonds. The van der Waals surface area contributed by atoms with E-state index in [9.17, 15) is 14.4 Å². The van der Waals surface area contributed by atoms with Gasteiger partial charge in [-0.3, -0.25) is 14.4 Å². The Bertz CT molecular complexity index is 1170. The van der Waals surface area contributed by atoms with Gasteiger partial charge in [0.15, 0.2) is 0 Å². The monoisotopic (exact) mass is 427 g/mol. The molecule has 2 heterocycles. The molecule has 0 aromatic heterocycles. The lowest BCUT2D eigenvalue weighted by Crippen LogP contribution is -2.48. The zero-order valence-electron chi connectivity index (χ0n) is 17.7. The minimum absolute atomic E-state index is 0.0573. The van der Waals surface area contributed by atoms with Crippen LogP contribution >= 0.6 is 0 Å². The third-order valence-corrected chi connectivity index (χ3v) is 6.41. The number of fused-ring (bicyclic) bond motifs is 1. The maximum atomic E-state index is 13.4. The summed E-state index contributed by atoms with van der Waals surface area (Å²) in [5.74, 6) is -1.26. The van der Waals surface area contributed by atoms with E-state index in [1.165, 1.54) is 0 Å². The first-order valence-electron chi connectivity index (χ1n) is 11.1. The van der Waals surface area contributed by atoms with Gasteiger partial charge < -0.3 is 15.1 Å². The molecule has 6 heteroatoms. The topological polar surface area (TPSA) is 69.7 Å². The van der Waals surface area contributed by atoms with Crippen LogP contribution < -0.4 is 10.2 Å². The van der Waals surface area contributed by atoms with Crippen molar-refractivity contribution in [1.29, 1.82) is 0 Å². The second-order valence-electron chi connectivity index (χ2n) is 8.44. The summed E-state index contributed by atoms with van der Waals surface area (Å²) in [4.78, 5) is 43.2. The number of rotatable bonds is 4. The summed E-state index contributed by atoms with van der Waals surface area (Å²) in [6.07, 6.45) is 1.95. The fourth-order valence-electron chi connectivity index (χ4n) is 4.68. The zero-order valence-corrected chi connectivity index (χ0v) is 17.7. The molecule has 0 radical (unpaired) electrons. The van der Waals surface area contributed by atoms with Gasteiger partial charge >= 0.3 is 0 Å². The van der Waals surface area contributed by atoms with Crippen LogP contribution in [0.4, 0.5) is 5.69 Å². The number of likely N-dealkylation sites (tertiary alicyclic amines) is 1. The van der Waals surface area contributed by atoms with E-state index < -0.39 is 12.0 Å². The van der Waals surface area contributed by atoms with Gasteiger partial charge in [-0.25, -0.2) is 0 Å². The van der Waals surface area contributed by atoms with E-state index in [4.69, 9.17) is 0 Å². The van der Waals surface area contributed by atoms with Crippen molar-refractivity contribution in [3.63, 3.8) is 0 Å². The van der Waals surface area contributed by atoms with Crippen LogP contribution in [0.1, 0.15) is 23.2 Å². The number of hydrogen-bond donors (Lipinski definition) is 1. The number of carbonyl (C=O) groups excluding carboxylic acids is 3. The van der Waals surface area contributed by atoms with Crippen molar-refractivity contribution in [2.75, 3.05) is 24.5 Å². The molecule has 2 saturated heterocycles. The standard InChI is InChI=1S/C26H25N3O3/c30-24(20-13-12-18-8-4-5-9-19(18)16-20)27-23-22(25(31)28-14-6-7-15-28)17-29(26(23)32)21-10-2-1-3-11-21/h1-5,8-13,16,22-23H,6-7,14-15,17H2,(H,27,30)/t22-,23+/m1/s1. The summed E-state index contributed by atoms with van der Waals surface area (Å²) in [6.45, 7) is 1.68. The number of anilines is 1. The summed E-state index contributed by atoms with van der Waals surface area (Å²) in [7, 11) is 0. The lowest BCUT2D eigenvalue weighted by Gasteiger charge is -2.23. The first kappa shape index (κ1) is 20.2. The molecule has 2 aliphatic rings. The second kappa shape index (κ2) is 8.46. The summed E-state index contributed by atoms with van der Waals surface area (Å²) >= 11 is 0. The quantitative estimate of drug-likeness (QED) is 0.695. The van der Waals surface area contributed by atoms with Gasteiger partial charge in [0.1, 0.15) is 6.04 Å². The van der Waals surface area contributed by atoms with E-state index >= 15 is 0 Å². The van der Waals surface area contributed by atoms with Crippen LogP contribution in [0.3, 0.4) is 0 Å². The van der Waals surface area contributed by atoms with Gasteiger partial charge in [0.2, 0.25) is 11.8 Å². The SMILES string of the molecule is O=C(N[C@@H]1C(=O)N(c2ccccc2)C[C@H]1C(=O)N1CCCC1)c1ccc2ccccc2c1. The third kappa shape index (κ3) is 3.73. The predicted octanol–water partition coefficient (Wildman–Crippen LogP) is 3.22. The van der Waals surface area contributed by atoms with Crippen molar-refractivity contribution < 1.29 is 14.4 Å². The number of para-hydroxylation sites is 1. The van der Waals surface area contributed by atoms with Gasteiger partial charge in [0.05, 0.1) is 5.92 Å². The maximum Gasteiger partial charge on any atom is 0.251 e. The summed E-state index contributed by atoms with van der Waals surface area (Å²) < 4.78 is 0. The molecule has 3 aromatic rings. The van der Waals surface area contributed by atoms with Crippen LogP contribution in [0, 0.1) is 5.92 Å². The Hall–Kier alpha value is -3.67. The Morgan fingerprint density at radius 2 is 1.53 bits per heavy atom. The fraction of sp³-hybridized carbons (Fsp3) is 0.269. The normalized spacial score (nSPS) is 20.7. The minimum atomic E-state index is -0.887. The van der Waals surface area contributed by atoms with Crippen molar-refractivity contribution in [2.24, 2.45) is 5.92 Å². The molecule has 2 atom stereocenters. The average Bonchev–Trinajstić information content (AvgIpc) is 3.48. The van der Waals surface area contributed by atoms with Crippen LogP contribution in [-0.4, -0.2) is 48.3 Å². The van der Waals surface area contributed by atoms with Gasteiger partial charge in [-0.15, -0.1) is 0 Å². The molecule has 0 saturated carbocycles. The molecule has 3 aromatic carbocycles. The Balaban J connectivity index is 1.43. The smallest absolute Gasteiger partial charge is 0.251 e. The van der Waals surface area contributed by atoms with Gasteiger partial charge in [-0.2, -0.15) is 0 Å². The van der Waals surface area contributed by atoms with Crippen molar-refractivity contribution in [2.45, 2.75) is 18.9 Å². The van der Waals surface area contributed by atoms with Gasteiger partial charge in [0, 0.05) is 30.9 Å². The molecular weight excluding hydrogens is 402 g/mol. The molecule has 5 rings (SSSR count). The fourth-order valence-corrected chi connectivity index (χ4v) is 4.68. The van der Waals surface area contributed by atoms with Crippen LogP contribution in [0.5, 0.6) is 0 Å². The highest BCUT2D eigenvalue weighted by Crippen LogP contribution is 2.28. The van der Waals surface area contributed by atoms with E-state index in [0.29, 0.717) is 18.7 Å². The number of nitrogens with zero attached hydrogens (tertiary/aromatic N) is 2. The molecule has 1 N–H and O–H groups in total. The summed E-state index contributed by atoms with van der Waals surface area (Å²) in [6, 6.07) is 21.7. The molecule has 6 nitrogen and oxygen atoms in total. The molecule has 32 heavy (non-hydrogen) atoms. The highest BCUT2D eigenvalue weighted by atomic mass is 16.2. The van der Waals surface area contributed by atoms with Crippen LogP contribution in [-0.2, 0) is 9.59 Å². The molecule has 2 aliphatic heterocycles. The zero-order chi connectivity index (χ0) is 22.1. The van der Waals surface area contributed by atoms with Crippen molar-refractivity contribution in [3.05, 3.63) is 78.4 Å². The number of carbonyl (C=O) groups is 3. The Morgan fingerprint density at radius 3 is 2.28 bits per heavy atom. The highest BCUT2D eigenvalue weighted by Gasteiger charge is 2.47. The molecular formula is C26H25N3O3. The molecule has 0 unspecified atom stereocenters. The molecule has 0 bridgehead atoms. The number of nitrogens with one attached hydrogen (secondary N) is 1. The first-order valence-corrected chi connectivity index (χ1v) is 11.1. The maximum absolute atomic E-state index is 13.4. The predicted molar refractivity (Wildman–Crippen MR) is 123 cm³/mol. The van der Waals surface area contributed by atoms with E-state index in [-0.39, 0.29) is 24.3 Å². The Morgan fingerprint density at radius 1 is 0.844 bits per heavy atom.